The molecule has 1 rings (SSSR count). The molecule has 0 aliphatic rings. The van der Waals surface area contributed by atoms with Crippen LogP contribution in [-0.4, -0.2) is 13.1 Å². The molecule has 1 unspecified atom stereocenters. The van der Waals surface area contributed by atoms with Crippen LogP contribution in [0.3, 0.4) is 0 Å². The molecular weight excluding hydrogens is 204 g/mol. The Morgan fingerprint density at radius 1 is 1.38 bits per heavy atom. The summed E-state index contributed by atoms with van der Waals surface area (Å²) in [5.74, 6) is -1.33. The predicted molar refractivity (Wildman–Crippen MR) is 56.0 cm³/mol. The van der Waals surface area contributed by atoms with Gasteiger partial charge in [0.05, 0.1) is 24.8 Å². The molecule has 0 saturated heterocycles. The Morgan fingerprint density at radius 2 is 2.00 bits per heavy atom. The van der Waals surface area contributed by atoms with Crippen molar-refractivity contribution in [2.75, 3.05) is 7.11 Å². The summed E-state index contributed by atoms with van der Waals surface area (Å²) in [6.07, 6.45) is 0.300. The molecule has 16 heavy (non-hydrogen) atoms. The zero-order valence-electron chi connectivity index (χ0n) is 8.80. The number of nitriles is 2. The lowest BCUT2D eigenvalue weighted by Crippen LogP contribution is -2.16. The largest absolute Gasteiger partial charge is 0.468 e. The summed E-state index contributed by atoms with van der Waals surface area (Å²) in [5, 5.41) is 17.4. The quantitative estimate of drug-likeness (QED) is 0.713. The Labute approximate surface area is 93.7 Å². The molecule has 0 N–H and O–H groups in total. The van der Waals surface area contributed by atoms with Gasteiger partial charge in [0.2, 0.25) is 0 Å². The van der Waals surface area contributed by atoms with Crippen LogP contribution in [0.2, 0.25) is 0 Å². The van der Waals surface area contributed by atoms with Crippen molar-refractivity contribution in [2.24, 2.45) is 5.92 Å². The summed E-state index contributed by atoms with van der Waals surface area (Å²) in [4.78, 5) is 11.2. The molecule has 1 aromatic rings. The van der Waals surface area contributed by atoms with Crippen molar-refractivity contribution in [3.63, 3.8) is 0 Å². The molecule has 80 valence electrons. The first-order chi connectivity index (χ1) is 7.71. The molecule has 0 aromatic heterocycles. The Hall–Kier alpha value is -2.33. The fourth-order valence-electron chi connectivity index (χ4n) is 1.28. The molecule has 1 aromatic carbocycles. The van der Waals surface area contributed by atoms with E-state index >= 15 is 0 Å². The van der Waals surface area contributed by atoms with Crippen molar-refractivity contribution < 1.29 is 9.53 Å². The van der Waals surface area contributed by atoms with E-state index in [0.29, 0.717) is 12.0 Å². The van der Waals surface area contributed by atoms with Crippen molar-refractivity contribution in [3.05, 3.63) is 35.4 Å². The van der Waals surface area contributed by atoms with Gasteiger partial charge in [-0.25, -0.2) is 0 Å². The highest BCUT2D eigenvalue weighted by Crippen LogP contribution is 2.11. The van der Waals surface area contributed by atoms with Gasteiger partial charge in [0, 0.05) is 0 Å². The first-order valence-electron chi connectivity index (χ1n) is 4.67. The average Bonchev–Trinajstić information content (AvgIpc) is 2.35. The van der Waals surface area contributed by atoms with Gasteiger partial charge in [0.25, 0.3) is 0 Å². The molecule has 4 heteroatoms. The van der Waals surface area contributed by atoms with E-state index in [4.69, 9.17) is 10.5 Å². The number of hydrogen-bond acceptors (Lipinski definition) is 4. The first kappa shape index (κ1) is 11.7. The highest BCUT2D eigenvalue weighted by atomic mass is 16.5. The summed E-state index contributed by atoms with van der Waals surface area (Å²) in [6.45, 7) is 0. The number of esters is 1. The van der Waals surface area contributed by atoms with Crippen LogP contribution < -0.4 is 0 Å². The predicted octanol–water partition coefficient (Wildman–Crippen LogP) is 1.41. The van der Waals surface area contributed by atoms with Gasteiger partial charge in [-0.05, 0) is 24.1 Å². The maximum absolute atomic E-state index is 11.2. The normalized spacial score (nSPS) is 10.9. The fraction of sp³-hybridized carbons (Fsp3) is 0.250. The van der Waals surface area contributed by atoms with Gasteiger partial charge in [-0.15, -0.1) is 0 Å². The van der Waals surface area contributed by atoms with Gasteiger partial charge in [0.1, 0.15) is 5.92 Å². The Bertz CT molecular complexity index is 451. The third kappa shape index (κ3) is 2.83. The van der Waals surface area contributed by atoms with Crippen LogP contribution in [0.25, 0.3) is 0 Å². The minimum Gasteiger partial charge on any atom is -0.468 e. The number of nitrogens with zero attached hydrogens (tertiary/aromatic N) is 2. The molecule has 0 amide bonds. The van der Waals surface area contributed by atoms with Crippen LogP contribution in [0.1, 0.15) is 11.1 Å². The lowest BCUT2D eigenvalue weighted by atomic mass is 10.00. The second-order valence-electron chi connectivity index (χ2n) is 3.22. The second-order valence-corrected chi connectivity index (χ2v) is 3.22. The second kappa shape index (κ2) is 5.53. The molecule has 0 aliphatic heterocycles. The number of benzene rings is 1. The first-order valence-corrected chi connectivity index (χ1v) is 4.67. The number of carbonyl (C=O) groups is 1. The molecule has 0 heterocycles. The van der Waals surface area contributed by atoms with Crippen LogP contribution in [0.5, 0.6) is 0 Å². The van der Waals surface area contributed by atoms with E-state index in [2.05, 4.69) is 4.74 Å². The zero-order valence-corrected chi connectivity index (χ0v) is 8.80. The summed E-state index contributed by atoms with van der Waals surface area (Å²) in [5.41, 5.74) is 1.38. The Kier molecular flexibility index (Phi) is 4.06. The molecule has 0 bridgehead atoms. The number of methoxy groups -OCH3 is 1. The van der Waals surface area contributed by atoms with Crippen molar-refractivity contribution >= 4 is 5.97 Å². The molecular formula is C12H10N2O2. The molecule has 0 fully saturated rings. The van der Waals surface area contributed by atoms with E-state index in [1.165, 1.54) is 7.11 Å². The van der Waals surface area contributed by atoms with Crippen molar-refractivity contribution in [1.29, 1.82) is 10.5 Å². The van der Waals surface area contributed by atoms with Gasteiger partial charge in [0.15, 0.2) is 0 Å². The van der Waals surface area contributed by atoms with Gasteiger partial charge in [-0.2, -0.15) is 10.5 Å². The van der Waals surface area contributed by atoms with Gasteiger partial charge in [-0.3, -0.25) is 4.79 Å². The number of hydrogen-bond donors (Lipinski definition) is 0. The molecule has 1 atom stereocenters. The van der Waals surface area contributed by atoms with E-state index in [-0.39, 0.29) is 0 Å². The maximum atomic E-state index is 11.2. The van der Waals surface area contributed by atoms with E-state index in [9.17, 15) is 4.79 Å². The molecule has 0 radical (unpaired) electrons. The van der Waals surface area contributed by atoms with Gasteiger partial charge >= 0.3 is 5.97 Å². The molecule has 0 saturated carbocycles. The van der Waals surface area contributed by atoms with E-state index in [1.807, 2.05) is 12.1 Å². The summed E-state index contributed by atoms with van der Waals surface area (Å²) < 4.78 is 4.51. The average molecular weight is 214 g/mol. The number of carbonyl (C=O) groups excluding carboxylic acids is 1. The van der Waals surface area contributed by atoms with Gasteiger partial charge in [-0.1, -0.05) is 12.1 Å². The SMILES string of the molecule is COC(=O)C(C#N)Cc1ccc(C#N)cc1. The highest BCUT2D eigenvalue weighted by Gasteiger charge is 2.18. The van der Waals surface area contributed by atoms with Gasteiger partial charge < -0.3 is 4.74 Å². The lowest BCUT2D eigenvalue weighted by molar-refractivity contribution is -0.143. The van der Waals surface area contributed by atoms with Crippen LogP contribution in [0, 0.1) is 28.6 Å². The molecule has 0 aliphatic carbocycles. The van der Waals surface area contributed by atoms with Crippen molar-refractivity contribution in [1.82, 2.24) is 0 Å². The Morgan fingerprint density at radius 3 is 2.44 bits per heavy atom. The number of rotatable bonds is 3. The van der Waals surface area contributed by atoms with E-state index < -0.39 is 11.9 Å². The van der Waals surface area contributed by atoms with Crippen molar-refractivity contribution in [3.8, 4) is 12.1 Å². The topological polar surface area (TPSA) is 73.9 Å². The zero-order chi connectivity index (χ0) is 12.0. The smallest absolute Gasteiger partial charge is 0.323 e. The van der Waals surface area contributed by atoms with E-state index in [0.717, 1.165) is 5.56 Å². The van der Waals surface area contributed by atoms with Crippen LogP contribution in [-0.2, 0) is 16.0 Å². The van der Waals surface area contributed by atoms with Crippen LogP contribution in [0.4, 0.5) is 0 Å². The van der Waals surface area contributed by atoms with Crippen LogP contribution in [0.15, 0.2) is 24.3 Å². The summed E-state index contributed by atoms with van der Waals surface area (Å²) >= 11 is 0. The monoisotopic (exact) mass is 214 g/mol. The standard InChI is InChI=1S/C12H10N2O2/c1-16-12(15)11(8-14)6-9-2-4-10(7-13)5-3-9/h2-5,11H,6H2,1H3. The molecule has 0 spiro atoms. The lowest BCUT2D eigenvalue weighted by Gasteiger charge is -2.06. The summed E-state index contributed by atoms with van der Waals surface area (Å²) in [6, 6.07) is 10.7. The molecule has 4 nitrogen and oxygen atoms in total. The Balaban J connectivity index is 2.76. The third-order valence-corrected chi connectivity index (χ3v) is 2.16. The summed E-state index contributed by atoms with van der Waals surface area (Å²) in [7, 11) is 1.26. The highest BCUT2D eigenvalue weighted by molar-refractivity contribution is 5.75. The minimum absolute atomic E-state index is 0.300. The fourth-order valence-corrected chi connectivity index (χ4v) is 1.28. The third-order valence-electron chi connectivity index (χ3n) is 2.16. The minimum atomic E-state index is -0.794. The van der Waals surface area contributed by atoms with Crippen molar-refractivity contribution in [2.45, 2.75) is 6.42 Å². The van der Waals surface area contributed by atoms with Crippen LogP contribution >= 0.6 is 0 Å². The maximum Gasteiger partial charge on any atom is 0.323 e. The van der Waals surface area contributed by atoms with E-state index in [1.54, 1.807) is 24.3 Å². The number of ether oxygens (including phenoxy) is 1.